The van der Waals surface area contributed by atoms with Crippen molar-refractivity contribution in [2.45, 2.75) is 31.7 Å². The molecule has 0 aromatic heterocycles. The lowest BCUT2D eigenvalue weighted by Gasteiger charge is -2.42. The summed E-state index contributed by atoms with van der Waals surface area (Å²) in [7, 11) is 3.87. The number of ether oxygens (including phenoxy) is 1. The first-order valence-electron chi connectivity index (χ1n) is 9.46. The Morgan fingerprint density at radius 1 is 1.24 bits per heavy atom. The fraction of sp³-hybridized carbons (Fsp3) is 0.650. The molecule has 2 saturated heterocycles. The molecule has 2 heterocycles. The Morgan fingerprint density at radius 2 is 1.96 bits per heavy atom. The van der Waals surface area contributed by atoms with E-state index in [0.29, 0.717) is 12.0 Å². The van der Waals surface area contributed by atoms with Gasteiger partial charge in [-0.25, -0.2) is 4.79 Å². The topological polar surface area (TPSA) is 44.8 Å². The Morgan fingerprint density at radius 3 is 2.64 bits per heavy atom. The monoisotopic (exact) mass is 343 g/mol. The minimum atomic E-state index is 0.148. The van der Waals surface area contributed by atoms with E-state index in [1.807, 2.05) is 12.1 Å². The smallest absolute Gasteiger partial charge is 0.317 e. The van der Waals surface area contributed by atoms with Crippen molar-refractivity contribution < 1.29 is 9.53 Å². The van der Waals surface area contributed by atoms with Gasteiger partial charge in [0.15, 0.2) is 0 Å². The number of carbonyl (C=O) groups excluding carboxylic acids is 1. The summed E-state index contributed by atoms with van der Waals surface area (Å²) >= 11 is 0. The van der Waals surface area contributed by atoms with Crippen molar-refractivity contribution in [3.63, 3.8) is 0 Å². The van der Waals surface area contributed by atoms with Crippen molar-refractivity contribution in [1.29, 1.82) is 0 Å². The molecule has 2 atom stereocenters. The SMILES string of the molecule is COc1ccc(CC2CC23CNC(=O)N(C2CCN(C)CC2)C3)cc1. The van der Waals surface area contributed by atoms with Crippen molar-refractivity contribution >= 4 is 6.03 Å². The van der Waals surface area contributed by atoms with E-state index >= 15 is 0 Å². The van der Waals surface area contributed by atoms with Gasteiger partial charge in [-0.1, -0.05) is 12.1 Å². The van der Waals surface area contributed by atoms with Crippen molar-refractivity contribution in [3.8, 4) is 5.75 Å². The normalized spacial score (nSPS) is 30.4. The van der Waals surface area contributed by atoms with Crippen LogP contribution in [0.25, 0.3) is 0 Å². The fourth-order valence-corrected chi connectivity index (χ4v) is 4.60. The van der Waals surface area contributed by atoms with Gasteiger partial charge >= 0.3 is 6.03 Å². The van der Waals surface area contributed by atoms with Gasteiger partial charge in [0.1, 0.15) is 5.75 Å². The number of benzene rings is 1. The second-order valence-corrected chi connectivity index (χ2v) is 8.14. The molecule has 4 rings (SSSR count). The number of methoxy groups -OCH3 is 1. The van der Waals surface area contributed by atoms with E-state index in [4.69, 9.17) is 4.74 Å². The second-order valence-electron chi connectivity index (χ2n) is 8.14. The molecule has 0 radical (unpaired) electrons. The van der Waals surface area contributed by atoms with Crippen LogP contribution >= 0.6 is 0 Å². The molecule has 1 aliphatic carbocycles. The summed E-state index contributed by atoms with van der Waals surface area (Å²) in [5.74, 6) is 1.59. The third-order valence-corrected chi connectivity index (χ3v) is 6.47. The molecule has 1 N–H and O–H groups in total. The van der Waals surface area contributed by atoms with Crippen LogP contribution in [0.4, 0.5) is 4.79 Å². The van der Waals surface area contributed by atoms with Crippen LogP contribution in [0.15, 0.2) is 24.3 Å². The van der Waals surface area contributed by atoms with Gasteiger partial charge in [0.2, 0.25) is 0 Å². The first-order valence-corrected chi connectivity index (χ1v) is 9.46. The minimum absolute atomic E-state index is 0.148. The Bertz CT molecular complexity index is 624. The largest absolute Gasteiger partial charge is 0.497 e. The fourth-order valence-electron chi connectivity index (χ4n) is 4.60. The number of carbonyl (C=O) groups is 1. The Labute approximate surface area is 150 Å². The maximum absolute atomic E-state index is 12.4. The summed E-state index contributed by atoms with van der Waals surface area (Å²) in [5, 5.41) is 3.18. The summed E-state index contributed by atoms with van der Waals surface area (Å²) in [6, 6.07) is 8.98. The van der Waals surface area contributed by atoms with E-state index in [9.17, 15) is 4.79 Å². The highest BCUT2D eigenvalue weighted by atomic mass is 16.5. The molecule has 2 unspecified atom stereocenters. The number of likely N-dealkylation sites (tertiary alicyclic amines) is 1. The van der Waals surface area contributed by atoms with Crippen molar-refractivity contribution in [2.24, 2.45) is 11.3 Å². The summed E-state index contributed by atoms with van der Waals surface area (Å²) in [6.07, 6.45) is 4.52. The van der Waals surface area contributed by atoms with Crippen LogP contribution in [-0.4, -0.2) is 62.2 Å². The number of rotatable bonds is 4. The lowest BCUT2D eigenvalue weighted by Crippen LogP contribution is -2.58. The zero-order valence-corrected chi connectivity index (χ0v) is 15.3. The lowest BCUT2D eigenvalue weighted by molar-refractivity contribution is 0.0958. The maximum atomic E-state index is 12.4. The molecule has 2 aliphatic heterocycles. The van der Waals surface area contributed by atoms with Crippen molar-refractivity contribution in [1.82, 2.24) is 15.1 Å². The summed E-state index contributed by atoms with van der Waals surface area (Å²) < 4.78 is 5.24. The predicted octanol–water partition coefficient (Wildman–Crippen LogP) is 2.36. The van der Waals surface area contributed by atoms with Gasteiger partial charge in [0.05, 0.1) is 7.11 Å². The number of nitrogens with zero attached hydrogens (tertiary/aromatic N) is 2. The molecule has 25 heavy (non-hydrogen) atoms. The molecule has 5 heteroatoms. The van der Waals surface area contributed by atoms with E-state index < -0.39 is 0 Å². The van der Waals surface area contributed by atoms with E-state index in [2.05, 4.69) is 34.3 Å². The zero-order chi connectivity index (χ0) is 17.4. The predicted molar refractivity (Wildman–Crippen MR) is 97.9 cm³/mol. The zero-order valence-electron chi connectivity index (χ0n) is 15.3. The van der Waals surface area contributed by atoms with Crippen LogP contribution in [-0.2, 0) is 6.42 Å². The number of amides is 2. The Hall–Kier alpha value is -1.75. The van der Waals surface area contributed by atoms with Gasteiger partial charge in [-0.15, -0.1) is 0 Å². The van der Waals surface area contributed by atoms with Gasteiger partial charge in [0.25, 0.3) is 0 Å². The average Bonchev–Trinajstić information content (AvgIpc) is 3.30. The van der Waals surface area contributed by atoms with Gasteiger partial charge in [0, 0.05) is 24.5 Å². The number of hydrogen-bond acceptors (Lipinski definition) is 3. The number of urea groups is 1. The second kappa shape index (κ2) is 6.52. The molecule has 5 nitrogen and oxygen atoms in total. The molecule has 1 saturated carbocycles. The van der Waals surface area contributed by atoms with Crippen LogP contribution in [0.5, 0.6) is 5.75 Å². The molecule has 0 bridgehead atoms. The molecule has 2 amide bonds. The van der Waals surface area contributed by atoms with Gasteiger partial charge in [-0.05, 0) is 69.4 Å². The highest BCUT2D eigenvalue weighted by Crippen LogP contribution is 2.55. The molecule has 1 aromatic rings. The summed E-state index contributed by atoms with van der Waals surface area (Å²) in [4.78, 5) is 16.9. The molecular formula is C20H29N3O2. The van der Waals surface area contributed by atoms with Crippen LogP contribution in [0.2, 0.25) is 0 Å². The summed E-state index contributed by atoms with van der Waals surface area (Å²) in [5.41, 5.74) is 1.66. The lowest BCUT2D eigenvalue weighted by atomic mass is 9.94. The summed E-state index contributed by atoms with van der Waals surface area (Å²) in [6.45, 7) is 3.97. The highest BCUT2D eigenvalue weighted by Gasteiger charge is 2.57. The van der Waals surface area contributed by atoms with E-state index in [-0.39, 0.29) is 11.4 Å². The van der Waals surface area contributed by atoms with Crippen molar-refractivity contribution in [2.75, 3.05) is 40.3 Å². The number of hydrogen-bond donors (Lipinski definition) is 1. The van der Waals surface area contributed by atoms with Gasteiger partial charge in [-0.2, -0.15) is 0 Å². The standard InChI is InChI=1S/C20H29N3O2/c1-22-9-7-17(8-10-22)23-14-20(13-21-19(23)24)12-16(20)11-15-3-5-18(25-2)6-4-15/h3-6,16-17H,7-14H2,1-2H3,(H,21,24). The number of nitrogens with one attached hydrogen (secondary N) is 1. The van der Waals surface area contributed by atoms with Crippen LogP contribution in [0.3, 0.4) is 0 Å². The first kappa shape index (κ1) is 16.7. The minimum Gasteiger partial charge on any atom is -0.497 e. The van der Waals surface area contributed by atoms with E-state index in [0.717, 1.165) is 51.2 Å². The Balaban J connectivity index is 1.38. The highest BCUT2D eigenvalue weighted by molar-refractivity contribution is 5.76. The molecule has 1 spiro atoms. The van der Waals surface area contributed by atoms with Gasteiger partial charge < -0.3 is 19.9 Å². The molecular weight excluding hydrogens is 314 g/mol. The van der Waals surface area contributed by atoms with Crippen molar-refractivity contribution in [3.05, 3.63) is 29.8 Å². The van der Waals surface area contributed by atoms with E-state index in [1.165, 1.54) is 12.0 Å². The van der Waals surface area contributed by atoms with Crippen LogP contribution in [0.1, 0.15) is 24.8 Å². The molecule has 136 valence electrons. The average molecular weight is 343 g/mol. The molecule has 3 fully saturated rings. The van der Waals surface area contributed by atoms with Crippen LogP contribution in [0, 0.1) is 11.3 Å². The van der Waals surface area contributed by atoms with E-state index in [1.54, 1.807) is 7.11 Å². The molecule has 3 aliphatic rings. The molecule has 1 aromatic carbocycles. The third-order valence-electron chi connectivity index (χ3n) is 6.47. The third kappa shape index (κ3) is 3.34. The first-order chi connectivity index (χ1) is 12.1. The Kier molecular flexibility index (Phi) is 4.36. The maximum Gasteiger partial charge on any atom is 0.317 e. The number of piperidine rings is 1. The van der Waals surface area contributed by atoms with Gasteiger partial charge in [-0.3, -0.25) is 0 Å². The quantitative estimate of drug-likeness (QED) is 0.913. The van der Waals surface area contributed by atoms with Crippen LogP contribution < -0.4 is 10.1 Å².